The molecule has 1 fully saturated rings. The zero-order valence-corrected chi connectivity index (χ0v) is 18.1. The zero-order chi connectivity index (χ0) is 21.1. The van der Waals surface area contributed by atoms with Gasteiger partial charge in [0.1, 0.15) is 5.82 Å². The predicted molar refractivity (Wildman–Crippen MR) is 118 cm³/mol. The normalized spacial score (nSPS) is 14.5. The van der Waals surface area contributed by atoms with Crippen LogP contribution in [0.15, 0.2) is 53.0 Å². The van der Waals surface area contributed by atoms with E-state index < -0.39 is 0 Å². The van der Waals surface area contributed by atoms with Gasteiger partial charge in [-0.3, -0.25) is 14.7 Å². The third-order valence-corrected chi connectivity index (χ3v) is 5.76. The molecule has 1 aromatic heterocycles. The maximum absolute atomic E-state index is 12.7. The lowest BCUT2D eigenvalue weighted by molar-refractivity contribution is -0.121. The first kappa shape index (κ1) is 20.3. The fourth-order valence-corrected chi connectivity index (χ4v) is 3.84. The van der Waals surface area contributed by atoms with Gasteiger partial charge in [0, 0.05) is 40.3 Å². The van der Waals surface area contributed by atoms with E-state index in [1.165, 1.54) is 0 Å². The van der Waals surface area contributed by atoms with E-state index >= 15 is 0 Å². The molecule has 1 aliphatic heterocycles. The maximum Gasteiger partial charge on any atom is 0.253 e. The van der Waals surface area contributed by atoms with E-state index in [2.05, 4.69) is 36.4 Å². The van der Waals surface area contributed by atoms with Gasteiger partial charge in [-0.15, -0.1) is 0 Å². The molecular formula is C22H22BrN5O2. The molecule has 0 aliphatic carbocycles. The number of nitrogens with one attached hydrogen (secondary N) is 2. The van der Waals surface area contributed by atoms with Crippen LogP contribution in [0.4, 0.5) is 5.69 Å². The van der Waals surface area contributed by atoms with Gasteiger partial charge < -0.3 is 10.2 Å². The highest BCUT2D eigenvalue weighted by Gasteiger charge is 2.28. The van der Waals surface area contributed by atoms with Gasteiger partial charge in [-0.1, -0.05) is 28.1 Å². The fraction of sp³-hybridized carbons (Fsp3) is 0.273. The molecule has 8 heteroatoms. The second-order valence-electron chi connectivity index (χ2n) is 7.39. The molecule has 7 nitrogen and oxygen atoms in total. The van der Waals surface area contributed by atoms with Gasteiger partial charge in [0.2, 0.25) is 5.91 Å². The Balaban J connectivity index is 1.34. The summed E-state index contributed by atoms with van der Waals surface area (Å²) in [5, 5.41) is 9.98. The van der Waals surface area contributed by atoms with Crippen molar-refractivity contribution in [2.24, 2.45) is 5.92 Å². The number of hydrogen-bond acceptors (Lipinski definition) is 4. The molecule has 154 valence electrons. The van der Waals surface area contributed by atoms with Crippen LogP contribution >= 0.6 is 15.9 Å². The largest absolute Gasteiger partial charge is 0.339 e. The molecule has 0 radical (unpaired) electrons. The lowest BCUT2D eigenvalue weighted by Crippen LogP contribution is -2.41. The number of halogens is 1. The van der Waals surface area contributed by atoms with Crippen molar-refractivity contribution in [2.75, 3.05) is 18.4 Å². The average Bonchev–Trinajstić information content (AvgIpc) is 3.20. The van der Waals surface area contributed by atoms with Crippen LogP contribution in [0, 0.1) is 12.8 Å². The van der Waals surface area contributed by atoms with Crippen LogP contribution in [0.3, 0.4) is 0 Å². The van der Waals surface area contributed by atoms with Gasteiger partial charge in [0.15, 0.2) is 5.82 Å². The molecule has 3 aromatic rings. The summed E-state index contributed by atoms with van der Waals surface area (Å²) in [5.74, 6) is 1.21. The Morgan fingerprint density at radius 3 is 2.53 bits per heavy atom. The first-order valence-electron chi connectivity index (χ1n) is 9.85. The van der Waals surface area contributed by atoms with E-state index in [0.29, 0.717) is 43.0 Å². The van der Waals surface area contributed by atoms with Crippen LogP contribution < -0.4 is 5.32 Å². The number of benzene rings is 2. The number of carbonyl (C=O) groups is 2. The third-order valence-electron chi connectivity index (χ3n) is 5.23. The summed E-state index contributed by atoms with van der Waals surface area (Å²) in [5.41, 5.74) is 2.22. The van der Waals surface area contributed by atoms with Crippen LogP contribution in [0.2, 0.25) is 0 Å². The Bertz CT molecular complexity index is 1060. The number of amides is 2. The van der Waals surface area contributed by atoms with E-state index in [1.54, 1.807) is 0 Å². The summed E-state index contributed by atoms with van der Waals surface area (Å²) in [6.07, 6.45) is 1.29. The van der Waals surface area contributed by atoms with E-state index in [9.17, 15) is 9.59 Å². The summed E-state index contributed by atoms with van der Waals surface area (Å²) >= 11 is 3.38. The standard InChI is InChI=1S/C22H22BrN5O2/c1-14-24-20(27-26-14)17-3-2-4-19(13-17)25-21(29)15-9-11-28(12-10-15)22(30)16-5-7-18(23)8-6-16/h2-8,13,15H,9-12H2,1H3,(H,25,29)(H,24,26,27). The molecular weight excluding hydrogens is 446 g/mol. The number of nitrogens with zero attached hydrogens (tertiary/aromatic N) is 3. The van der Waals surface area contributed by atoms with Crippen molar-refractivity contribution >= 4 is 33.4 Å². The topological polar surface area (TPSA) is 91.0 Å². The second-order valence-corrected chi connectivity index (χ2v) is 8.30. The Hall–Kier alpha value is -3.00. The molecule has 0 unspecified atom stereocenters. The fourth-order valence-electron chi connectivity index (χ4n) is 3.57. The number of piperidine rings is 1. The molecule has 4 rings (SSSR count). The van der Waals surface area contributed by atoms with Crippen molar-refractivity contribution < 1.29 is 9.59 Å². The first-order valence-corrected chi connectivity index (χ1v) is 10.6. The van der Waals surface area contributed by atoms with Crippen LogP contribution in [-0.2, 0) is 4.79 Å². The molecule has 2 heterocycles. The zero-order valence-electron chi connectivity index (χ0n) is 16.6. The summed E-state index contributed by atoms with van der Waals surface area (Å²) in [6.45, 7) is 2.99. The first-order chi connectivity index (χ1) is 14.5. The monoisotopic (exact) mass is 467 g/mol. The lowest BCUT2D eigenvalue weighted by atomic mass is 9.95. The highest BCUT2D eigenvalue weighted by molar-refractivity contribution is 9.10. The van der Waals surface area contributed by atoms with Crippen molar-refractivity contribution in [3.8, 4) is 11.4 Å². The molecule has 2 N–H and O–H groups in total. The number of aromatic nitrogens is 3. The molecule has 30 heavy (non-hydrogen) atoms. The average molecular weight is 468 g/mol. The highest BCUT2D eigenvalue weighted by Crippen LogP contribution is 2.23. The smallest absolute Gasteiger partial charge is 0.253 e. The summed E-state index contributed by atoms with van der Waals surface area (Å²) < 4.78 is 0.941. The van der Waals surface area contributed by atoms with Crippen LogP contribution in [-0.4, -0.2) is 45.0 Å². The van der Waals surface area contributed by atoms with Crippen LogP contribution in [0.1, 0.15) is 29.0 Å². The Morgan fingerprint density at radius 1 is 1.13 bits per heavy atom. The molecule has 0 bridgehead atoms. The third kappa shape index (κ3) is 4.59. The molecule has 0 spiro atoms. The number of likely N-dealkylation sites (tertiary alicyclic amines) is 1. The molecule has 0 saturated carbocycles. The molecule has 2 amide bonds. The second kappa shape index (κ2) is 8.79. The van der Waals surface area contributed by atoms with E-state index in [4.69, 9.17) is 0 Å². The van der Waals surface area contributed by atoms with E-state index in [0.717, 1.165) is 15.9 Å². The SMILES string of the molecule is Cc1nc(-c2cccc(NC(=O)C3CCN(C(=O)c4ccc(Br)cc4)CC3)c2)n[nH]1. The minimum Gasteiger partial charge on any atom is -0.339 e. The minimum atomic E-state index is -0.117. The van der Waals surface area contributed by atoms with Gasteiger partial charge in [0.25, 0.3) is 5.91 Å². The van der Waals surface area contributed by atoms with Crippen molar-refractivity contribution in [2.45, 2.75) is 19.8 Å². The summed E-state index contributed by atoms with van der Waals surface area (Å²) in [4.78, 5) is 31.5. The Kier molecular flexibility index (Phi) is 5.94. The molecule has 0 atom stereocenters. The van der Waals surface area contributed by atoms with Gasteiger partial charge in [-0.25, -0.2) is 4.98 Å². The number of aryl methyl sites for hydroxylation is 1. The predicted octanol–water partition coefficient (Wildman–Crippen LogP) is 4.03. The van der Waals surface area contributed by atoms with Crippen molar-refractivity contribution in [1.82, 2.24) is 20.1 Å². The number of H-pyrrole nitrogens is 1. The number of anilines is 1. The number of aromatic amines is 1. The van der Waals surface area contributed by atoms with Gasteiger partial charge >= 0.3 is 0 Å². The van der Waals surface area contributed by atoms with Crippen molar-refractivity contribution in [1.29, 1.82) is 0 Å². The molecule has 2 aromatic carbocycles. The van der Waals surface area contributed by atoms with Crippen molar-refractivity contribution in [3.05, 3.63) is 64.4 Å². The van der Waals surface area contributed by atoms with Gasteiger partial charge in [-0.2, -0.15) is 5.10 Å². The number of rotatable bonds is 4. The molecule has 1 saturated heterocycles. The minimum absolute atomic E-state index is 0.0101. The van der Waals surface area contributed by atoms with Gasteiger partial charge in [0.05, 0.1) is 0 Å². The van der Waals surface area contributed by atoms with E-state index in [-0.39, 0.29) is 17.7 Å². The van der Waals surface area contributed by atoms with Gasteiger partial charge in [-0.05, 0) is 56.2 Å². The van der Waals surface area contributed by atoms with E-state index in [1.807, 2.05) is 60.4 Å². The highest BCUT2D eigenvalue weighted by atomic mass is 79.9. The van der Waals surface area contributed by atoms with Crippen LogP contribution in [0.5, 0.6) is 0 Å². The molecule has 1 aliphatic rings. The van der Waals surface area contributed by atoms with Crippen molar-refractivity contribution in [3.63, 3.8) is 0 Å². The lowest BCUT2D eigenvalue weighted by Gasteiger charge is -2.31. The number of carbonyl (C=O) groups excluding carboxylic acids is 2. The summed E-state index contributed by atoms with van der Waals surface area (Å²) in [7, 11) is 0. The van der Waals surface area contributed by atoms with Crippen LogP contribution in [0.25, 0.3) is 11.4 Å². The maximum atomic E-state index is 12.7. The Morgan fingerprint density at radius 2 is 1.87 bits per heavy atom. The summed E-state index contributed by atoms with van der Waals surface area (Å²) in [6, 6.07) is 14.9. The Labute approximate surface area is 183 Å². The number of hydrogen-bond donors (Lipinski definition) is 2. The quantitative estimate of drug-likeness (QED) is 0.605.